The van der Waals surface area contributed by atoms with Crippen molar-refractivity contribution in [3.05, 3.63) is 71.8 Å². The van der Waals surface area contributed by atoms with Crippen molar-refractivity contribution >= 4 is 5.78 Å². The van der Waals surface area contributed by atoms with Gasteiger partial charge in [-0.05, 0) is 6.92 Å². The van der Waals surface area contributed by atoms with Gasteiger partial charge in [0.15, 0.2) is 0 Å². The summed E-state index contributed by atoms with van der Waals surface area (Å²) in [6.07, 6.45) is 0. The lowest BCUT2D eigenvalue weighted by Crippen LogP contribution is -3.00. The van der Waals surface area contributed by atoms with Crippen LogP contribution in [0.25, 0.3) is 0 Å². The highest BCUT2D eigenvalue weighted by Crippen LogP contribution is 2.17. The molecule has 2 aromatic carbocycles. The summed E-state index contributed by atoms with van der Waals surface area (Å²) in [5.74, 6) is 0.200. The zero-order chi connectivity index (χ0) is 14.6. The molecule has 21 heavy (non-hydrogen) atoms. The first kappa shape index (κ1) is 17.9. The fourth-order valence-corrected chi connectivity index (χ4v) is 2.35. The molecule has 0 fully saturated rings. The van der Waals surface area contributed by atoms with Gasteiger partial charge in [0, 0.05) is 11.1 Å². The molecule has 0 spiro atoms. The van der Waals surface area contributed by atoms with E-state index in [1.807, 2.05) is 55.5 Å². The van der Waals surface area contributed by atoms with Gasteiger partial charge in [-0.1, -0.05) is 60.7 Å². The lowest BCUT2D eigenvalue weighted by Gasteiger charge is -2.35. The minimum Gasteiger partial charge on any atom is -1.00 e. The summed E-state index contributed by atoms with van der Waals surface area (Å²) in [5.41, 5.74) is 2.05. The van der Waals surface area contributed by atoms with Crippen LogP contribution in [0.15, 0.2) is 60.7 Å². The van der Waals surface area contributed by atoms with Crippen molar-refractivity contribution in [2.24, 2.45) is 0 Å². The quantitative estimate of drug-likeness (QED) is 0.411. The standard InChI is InChI=1S/C18H22NO.HI/c1-15(18(20)17-12-8-5-9-13-17)19(2,3)14-16-10-6-4-7-11-16;/h4-13,15H,14H2,1-3H3;1H/q+1;/p-1. The van der Waals surface area contributed by atoms with E-state index in [0.29, 0.717) is 4.48 Å². The van der Waals surface area contributed by atoms with E-state index in [0.717, 1.165) is 12.1 Å². The molecule has 0 bridgehead atoms. The number of likely N-dealkylation sites (N-methyl/N-ethyl adjacent to an activating group) is 1. The average molecular weight is 395 g/mol. The summed E-state index contributed by atoms with van der Waals surface area (Å²) in [4.78, 5) is 12.6. The molecular weight excluding hydrogens is 373 g/mol. The molecule has 1 atom stereocenters. The summed E-state index contributed by atoms with van der Waals surface area (Å²) in [6, 6.07) is 19.8. The van der Waals surface area contributed by atoms with Gasteiger partial charge in [0.2, 0.25) is 5.78 Å². The molecule has 0 aromatic heterocycles. The fraction of sp³-hybridized carbons (Fsp3) is 0.278. The van der Waals surface area contributed by atoms with Crippen LogP contribution in [0.3, 0.4) is 0 Å². The molecule has 1 unspecified atom stereocenters. The lowest BCUT2D eigenvalue weighted by molar-refractivity contribution is -0.916. The second kappa shape index (κ2) is 7.71. The number of carbonyl (C=O) groups is 1. The summed E-state index contributed by atoms with van der Waals surface area (Å²) < 4.78 is 0.651. The molecule has 0 aliphatic carbocycles. The van der Waals surface area contributed by atoms with Crippen LogP contribution in [-0.4, -0.2) is 30.4 Å². The molecule has 2 rings (SSSR count). The third-order valence-corrected chi connectivity index (χ3v) is 3.92. The summed E-state index contributed by atoms with van der Waals surface area (Å²) in [7, 11) is 4.22. The number of nitrogens with zero attached hydrogens (tertiary/aromatic N) is 1. The predicted octanol–water partition coefficient (Wildman–Crippen LogP) is 0.538. The molecule has 2 aromatic rings. The van der Waals surface area contributed by atoms with Crippen LogP contribution < -0.4 is 24.0 Å². The smallest absolute Gasteiger partial charge is 0.219 e. The van der Waals surface area contributed by atoms with Crippen molar-refractivity contribution in [3.8, 4) is 0 Å². The largest absolute Gasteiger partial charge is 1.00 e. The number of ketones is 1. The Morgan fingerprint density at radius 1 is 0.952 bits per heavy atom. The maximum atomic E-state index is 12.6. The number of hydrogen-bond acceptors (Lipinski definition) is 1. The lowest BCUT2D eigenvalue weighted by atomic mass is 10.0. The number of carbonyl (C=O) groups excluding carboxylic acids is 1. The van der Waals surface area contributed by atoms with E-state index in [4.69, 9.17) is 0 Å². The summed E-state index contributed by atoms with van der Waals surface area (Å²) >= 11 is 0. The monoisotopic (exact) mass is 395 g/mol. The Kier molecular flexibility index (Phi) is 6.55. The number of hydrogen-bond donors (Lipinski definition) is 0. The van der Waals surface area contributed by atoms with Gasteiger partial charge in [-0.2, -0.15) is 0 Å². The van der Waals surface area contributed by atoms with Crippen molar-refractivity contribution in [2.75, 3.05) is 14.1 Å². The first-order valence-corrected chi connectivity index (χ1v) is 6.96. The Bertz CT molecular complexity index is 566. The molecule has 3 heteroatoms. The molecule has 0 heterocycles. The van der Waals surface area contributed by atoms with Gasteiger partial charge in [0.05, 0.1) is 14.1 Å². The van der Waals surface area contributed by atoms with Gasteiger partial charge >= 0.3 is 0 Å². The van der Waals surface area contributed by atoms with E-state index in [9.17, 15) is 4.79 Å². The Morgan fingerprint density at radius 3 is 1.95 bits per heavy atom. The van der Waals surface area contributed by atoms with Crippen molar-refractivity contribution in [1.82, 2.24) is 0 Å². The van der Waals surface area contributed by atoms with Gasteiger partial charge in [0.1, 0.15) is 12.6 Å². The highest BCUT2D eigenvalue weighted by molar-refractivity contribution is 5.99. The van der Waals surface area contributed by atoms with Crippen molar-refractivity contribution in [3.63, 3.8) is 0 Å². The Morgan fingerprint density at radius 2 is 1.43 bits per heavy atom. The van der Waals surface area contributed by atoms with E-state index in [1.165, 1.54) is 5.56 Å². The zero-order valence-electron chi connectivity index (χ0n) is 12.8. The Balaban J connectivity index is 0.00000220. The van der Waals surface area contributed by atoms with Gasteiger partial charge in [-0.25, -0.2) is 0 Å². The Hall–Kier alpha value is -1.20. The second-order valence-electron chi connectivity index (χ2n) is 5.83. The molecular formula is C18H22INO. The average Bonchev–Trinajstić information content (AvgIpc) is 2.47. The highest BCUT2D eigenvalue weighted by Gasteiger charge is 2.31. The molecule has 0 aliphatic heterocycles. The zero-order valence-corrected chi connectivity index (χ0v) is 14.9. The first-order valence-electron chi connectivity index (χ1n) is 6.96. The normalized spacial score (nSPS) is 12.3. The van der Waals surface area contributed by atoms with Gasteiger partial charge < -0.3 is 28.5 Å². The van der Waals surface area contributed by atoms with Crippen LogP contribution in [0.1, 0.15) is 22.8 Å². The van der Waals surface area contributed by atoms with Crippen molar-refractivity contribution in [1.29, 1.82) is 0 Å². The molecule has 0 amide bonds. The summed E-state index contributed by atoms with van der Waals surface area (Å²) in [5, 5.41) is 0. The van der Waals surface area contributed by atoms with E-state index in [2.05, 4.69) is 26.2 Å². The van der Waals surface area contributed by atoms with Crippen molar-refractivity contribution < 1.29 is 33.3 Å². The Labute approximate surface area is 144 Å². The molecule has 0 saturated carbocycles. The SMILES string of the molecule is CC(C(=O)c1ccccc1)[N+](C)(C)Cc1ccccc1.[I-]. The maximum Gasteiger partial charge on any atom is 0.219 e. The molecule has 0 N–H and O–H groups in total. The topological polar surface area (TPSA) is 17.1 Å². The summed E-state index contributed by atoms with van der Waals surface area (Å²) in [6.45, 7) is 2.86. The maximum absolute atomic E-state index is 12.6. The molecule has 112 valence electrons. The van der Waals surface area contributed by atoms with Crippen LogP contribution in [-0.2, 0) is 6.54 Å². The third-order valence-electron chi connectivity index (χ3n) is 3.92. The molecule has 0 radical (unpaired) electrons. The number of halogens is 1. The van der Waals surface area contributed by atoms with Crippen LogP contribution in [0.5, 0.6) is 0 Å². The van der Waals surface area contributed by atoms with E-state index >= 15 is 0 Å². The van der Waals surface area contributed by atoms with Gasteiger partial charge in [-0.3, -0.25) is 4.79 Å². The van der Waals surface area contributed by atoms with Crippen LogP contribution >= 0.6 is 0 Å². The van der Waals surface area contributed by atoms with Crippen molar-refractivity contribution in [2.45, 2.75) is 19.5 Å². The third kappa shape index (κ3) is 4.64. The van der Waals surface area contributed by atoms with E-state index in [-0.39, 0.29) is 35.8 Å². The predicted molar refractivity (Wildman–Crippen MR) is 82.5 cm³/mol. The fourth-order valence-electron chi connectivity index (χ4n) is 2.35. The number of quaternary nitrogens is 1. The molecule has 0 aliphatic rings. The number of Topliss-reactive ketones (excluding diaryl/α,β-unsaturated/α-hetero) is 1. The first-order chi connectivity index (χ1) is 9.50. The minimum absolute atomic E-state index is 0. The van der Waals surface area contributed by atoms with E-state index < -0.39 is 0 Å². The van der Waals surface area contributed by atoms with Crippen LogP contribution in [0, 0.1) is 0 Å². The molecule has 0 saturated heterocycles. The highest BCUT2D eigenvalue weighted by atomic mass is 127. The van der Waals surface area contributed by atoms with Crippen LogP contribution in [0.2, 0.25) is 0 Å². The van der Waals surface area contributed by atoms with Crippen LogP contribution in [0.4, 0.5) is 0 Å². The van der Waals surface area contributed by atoms with Gasteiger partial charge in [-0.15, -0.1) is 0 Å². The number of benzene rings is 2. The molecule has 2 nitrogen and oxygen atoms in total. The number of rotatable bonds is 5. The van der Waals surface area contributed by atoms with Gasteiger partial charge in [0.25, 0.3) is 0 Å². The second-order valence-corrected chi connectivity index (χ2v) is 5.83. The van der Waals surface area contributed by atoms with E-state index in [1.54, 1.807) is 0 Å². The minimum atomic E-state index is -0.0717.